The van der Waals surface area contributed by atoms with Gasteiger partial charge in [-0.25, -0.2) is 0 Å². The van der Waals surface area contributed by atoms with E-state index < -0.39 is 22.8 Å². The fraction of sp³-hybridized carbons (Fsp3) is 0.833. The number of carbonyl (C=O) groups is 1. The maximum absolute atomic E-state index is 12.8. The molecule has 1 rings (SSSR count). The van der Waals surface area contributed by atoms with E-state index in [1.165, 1.54) is 90.5 Å². The van der Waals surface area contributed by atoms with E-state index in [1.54, 1.807) is 0 Å². The molecule has 32 heavy (non-hydrogen) atoms. The SMILES string of the molecule is CCCCCCCCCCCCCCCCCCNC(=O)c1c(Cl)c(C(F)(F)F)nn1C. The molecule has 0 aliphatic rings. The molecule has 1 N–H and O–H groups in total. The van der Waals surface area contributed by atoms with Gasteiger partial charge in [-0.3, -0.25) is 9.48 Å². The van der Waals surface area contributed by atoms with Gasteiger partial charge < -0.3 is 5.32 Å². The highest BCUT2D eigenvalue weighted by Gasteiger charge is 2.39. The maximum Gasteiger partial charge on any atom is 0.436 e. The molecule has 1 aromatic heterocycles. The zero-order valence-corrected chi connectivity index (χ0v) is 20.6. The van der Waals surface area contributed by atoms with Crippen LogP contribution in [0.25, 0.3) is 0 Å². The van der Waals surface area contributed by atoms with Gasteiger partial charge in [-0.2, -0.15) is 18.3 Å². The van der Waals surface area contributed by atoms with Gasteiger partial charge in [-0.1, -0.05) is 115 Å². The molecule has 0 atom stereocenters. The monoisotopic (exact) mass is 479 g/mol. The summed E-state index contributed by atoms with van der Waals surface area (Å²) >= 11 is 5.73. The first kappa shape index (κ1) is 28.8. The van der Waals surface area contributed by atoms with Crippen molar-refractivity contribution in [2.75, 3.05) is 6.54 Å². The van der Waals surface area contributed by atoms with Crippen LogP contribution < -0.4 is 5.32 Å². The summed E-state index contributed by atoms with van der Waals surface area (Å²) in [5, 5.41) is 5.32. The van der Waals surface area contributed by atoms with E-state index in [9.17, 15) is 18.0 Å². The highest BCUT2D eigenvalue weighted by molar-refractivity contribution is 6.34. The van der Waals surface area contributed by atoms with E-state index >= 15 is 0 Å². The minimum absolute atomic E-state index is 0.254. The number of nitrogens with zero attached hydrogens (tertiary/aromatic N) is 2. The molecule has 4 nitrogen and oxygen atoms in total. The second-order valence-electron chi connectivity index (χ2n) is 8.69. The Kier molecular flexibility index (Phi) is 14.7. The molecule has 0 aliphatic carbocycles. The van der Waals surface area contributed by atoms with Crippen LogP contribution in [0, 0.1) is 0 Å². The lowest BCUT2D eigenvalue weighted by atomic mass is 10.0. The van der Waals surface area contributed by atoms with Crippen molar-refractivity contribution in [1.82, 2.24) is 15.1 Å². The smallest absolute Gasteiger partial charge is 0.351 e. The summed E-state index contributed by atoms with van der Waals surface area (Å²) < 4.78 is 39.4. The first-order chi connectivity index (χ1) is 15.3. The lowest BCUT2D eigenvalue weighted by Crippen LogP contribution is -2.26. The summed E-state index contributed by atoms with van der Waals surface area (Å²) in [5.74, 6) is -0.624. The number of unbranched alkanes of at least 4 members (excludes halogenated alkanes) is 15. The van der Waals surface area contributed by atoms with Crippen LogP contribution in [-0.2, 0) is 13.2 Å². The number of halogens is 4. The zero-order valence-electron chi connectivity index (χ0n) is 19.8. The van der Waals surface area contributed by atoms with Crippen molar-refractivity contribution in [2.45, 2.75) is 116 Å². The van der Waals surface area contributed by atoms with Crippen LogP contribution in [0.5, 0.6) is 0 Å². The highest BCUT2D eigenvalue weighted by Crippen LogP contribution is 2.35. The van der Waals surface area contributed by atoms with Crippen LogP contribution in [0.3, 0.4) is 0 Å². The van der Waals surface area contributed by atoms with Gasteiger partial charge >= 0.3 is 6.18 Å². The van der Waals surface area contributed by atoms with Gasteiger partial charge in [0.15, 0.2) is 5.69 Å². The van der Waals surface area contributed by atoms with Gasteiger partial charge in [0.1, 0.15) is 10.7 Å². The summed E-state index contributed by atoms with van der Waals surface area (Å²) in [6, 6.07) is 0. The van der Waals surface area contributed by atoms with Gasteiger partial charge in [0.2, 0.25) is 0 Å². The Morgan fingerprint density at radius 3 is 1.62 bits per heavy atom. The first-order valence-electron chi connectivity index (χ1n) is 12.4. The van der Waals surface area contributed by atoms with Crippen LogP contribution in [0.15, 0.2) is 0 Å². The predicted octanol–water partition coefficient (Wildman–Crippen LogP) is 8.08. The van der Waals surface area contributed by atoms with Crippen molar-refractivity contribution in [3.8, 4) is 0 Å². The first-order valence-corrected chi connectivity index (χ1v) is 12.7. The molecule has 0 aliphatic heterocycles. The molecule has 0 bridgehead atoms. The summed E-state index contributed by atoms with van der Waals surface area (Å²) in [4.78, 5) is 12.2. The summed E-state index contributed by atoms with van der Waals surface area (Å²) in [6.07, 6.45) is 15.6. The van der Waals surface area contributed by atoms with Crippen LogP contribution >= 0.6 is 11.6 Å². The van der Waals surface area contributed by atoms with E-state index in [1.807, 2.05) is 0 Å². The van der Waals surface area contributed by atoms with E-state index in [4.69, 9.17) is 11.6 Å². The number of alkyl halides is 3. The van der Waals surface area contributed by atoms with E-state index in [0.717, 1.165) is 23.9 Å². The molecule has 0 radical (unpaired) electrons. The van der Waals surface area contributed by atoms with E-state index in [0.29, 0.717) is 6.54 Å². The van der Waals surface area contributed by atoms with Crippen molar-refractivity contribution >= 4 is 17.5 Å². The van der Waals surface area contributed by atoms with Crippen molar-refractivity contribution in [1.29, 1.82) is 0 Å². The third-order valence-electron chi connectivity index (χ3n) is 5.79. The number of nitrogens with one attached hydrogen (secondary N) is 1. The molecule has 0 saturated carbocycles. The third-order valence-corrected chi connectivity index (χ3v) is 6.15. The lowest BCUT2D eigenvalue weighted by molar-refractivity contribution is -0.141. The van der Waals surface area contributed by atoms with Gasteiger partial charge in [0, 0.05) is 13.6 Å². The maximum atomic E-state index is 12.8. The Morgan fingerprint density at radius 2 is 1.25 bits per heavy atom. The Bertz CT molecular complexity index is 647. The Hall–Kier alpha value is -1.24. The Balaban J connectivity index is 1.98. The van der Waals surface area contributed by atoms with Crippen molar-refractivity contribution in [2.24, 2.45) is 7.05 Å². The van der Waals surface area contributed by atoms with Crippen LogP contribution in [0.4, 0.5) is 13.2 Å². The molecular weight excluding hydrogens is 439 g/mol. The van der Waals surface area contributed by atoms with E-state index in [-0.39, 0.29) is 5.69 Å². The fourth-order valence-corrected chi connectivity index (χ4v) is 4.24. The molecular formula is C24H41ClF3N3O. The van der Waals surface area contributed by atoms with Gasteiger partial charge in [-0.05, 0) is 6.42 Å². The largest absolute Gasteiger partial charge is 0.436 e. The van der Waals surface area contributed by atoms with Crippen LogP contribution in [-0.4, -0.2) is 22.2 Å². The van der Waals surface area contributed by atoms with Gasteiger partial charge in [0.25, 0.3) is 5.91 Å². The van der Waals surface area contributed by atoms with Crippen LogP contribution in [0.2, 0.25) is 5.02 Å². The Morgan fingerprint density at radius 1 is 0.844 bits per heavy atom. The average molecular weight is 480 g/mol. The van der Waals surface area contributed by atoms with Crippen molar-refractivity contribution < 1.29 is 18.0 Å². The Labute approximate surface area is 196 Å². The summed E-state index contributed by atoms with van der Waals surface area (Å²) in [7, 11) is 1.28. The van der Waals surface area contributed by atoms with Crippen molar-refractivity contribution in [3.63, 3.8) is 0 Å². The zero-order chi connectivity index (χ0) is 23.8. The minimum atomic E-state index is -4.68. The molecule has 1 aromatic rings. The van der Waals surface area contributed by atoms with Crippen LogP contribution in [0.1, 0.15) is 126 Å². The van der Waals surface area contributed by atoms with Crippen molar-refractivity contribution in [3.05, 3.63) is 16.4 Å². The normalized spacial score (nSPS) is 11.8. The molecule has 186 valence electrons. The molecule has 0 spiro atoms. The summed E-state index contributed by atoms with van der Waals surface area (Å²) in [6.45, 7) is 2.67. The quantitative estimate of drug-likeness (QED) is 0.216. The standard InChI is InChI=1S/C24H41ClF3N3O/c1-3-4-5-6-7-8-9-10-11-12-13-14-15-16-17-18-19-29-23(32)21-20(25)22(24(26,27)28)30-31(21)2/h3-19H2,1-2H3,(H,29,32). The average Bonchev–Trinajstić information content (AvgIpc) is 3.04. The summed E-state index contributed by atoms with van der Waals surface area (Å²) in [5.41, 5.74) is -1.48. The topological polar surface area (TPSA) is 46.9 Å². The predicted molar refractivity (Wildman–Crippen MR) is 125 cm³/mol. The molecule has 1 amide bonds. The molecule has 0 fully saturated rings. The number of aryl methyl sites for hydroxylation is 1. The van der Waals surface area contributed by atoms with Gasteiger partial charge in [-0.15, -0.1) is 0 Å². The number of hydrogen-bond donors (Lipinski definition) is 1. The molecule has 0 aromatic carbocycles. The molecule has 1 heterocycles. The number of carbonyl (C=O) groups excluding carboxylic acids is 1. The fourth-order valence-electron chi connectivity index (χ4n) is 3.88. The molecule has 0 unspecified atom stereocenters. The highest BCUT2D eigenvalue weighted by atomic mass is 35.5. The molecule has 0 saturated heterocycles. The number of aromatic nitrogens is 2. The lowest BCUT2D eigenvalue weighted by Gasteiger charge is -2.06. The number of rotatable bonds is 18. The van der Waals surface area contributed by atoms with Gasteiger partial charge in [0.05, 0.1) is 0 Å². The van der Waals surface area contributed by atoms with E-state index in [2.05, 4.69) is 17.3 Å². The number of amides is 1. The number of hydrogen-bond acceptors (Lipinski definition) is 2. The second kappa shape index (κ2) is 16.4. The minimum Gasteiger partial charge on any atom is -0.351 e. The molecule has 8 heteroatoms. The third kappa shape index (κ3) is 11.6. The second-order valence-corrected chi connectivity index (χ2v) is 9.07.